The van der Waals surface area contributed by atoms with Crippen molar-refractivity contribution in [2.24, 2.45) is 0 Å². The van der Waals surface area contributed by atoms with E-state index in [1.807, 2.05) is 0 Å². The molecule has 0 unspecified atom stereocenters. The van der Waals surface area contributed by atoms with Crippen molar-refractivity contribution in [2.75, 3.05) is 0 Å². The van der Waals surface area contributed by atoms with Crippen LogP contribution in [0.1, 0.15) is 0 Å². The summed E-state index contributed by atoms with van der Waals surface area (Å²) < 4.78 is 7.36. The molecule has 0 N–H and O–H groups in total. The van der Waals surface area contributed by atoms with Crippen molar-refractivity contribution in [1.29, 1.82) is 0 Å². The molecule has 0 aliphatic rings. The first-order valence-corrected chi connectivity index (χ1v) is 19.6. The van der Waals surface area contributed by atoms with Crippen LogP contribution < -0.4 is 0 Å². The second kappa shape index (κ2) is 12.5. The molecule has 12 rings (SSSR count). The highest BCUT2D eigenvalue weighted by molar-refractivity contribution is 6.26. The van der Waals surface area contributed by atoms with Gasteiger partial charge in [0.15, 0.2) is 0 Å². The molecule has 0 spiro atoms. The van der Waals surface area contributed by atoms with Crippen LogP contribution in [0.2, 0.25) is 0 Å². The first kappa shape index (κ1) is 31.7. The van der Waals surface area contributed by atoms with E-state index in [0.717, 1.165) is 17.1 Å². The second-order valence-corrected chi connectivity index (χ2v) is 14.9. The molecule has 0 bridgehead atoms. The lowest BCUT2D eigenvalue weighted by Crippen LogP contribution is -1.97. The zero-order chi connectivity index (χ0) is 37.5. The lowest BCUT2D eigenvalue weighted by Gasteiger charge is -2.12. The third kappa shape index (κ3) is 4.79. The third-order valence-electron chi connectivity index (χ3n) is 11.8. The lowest BCUT2D eigenvalue weighted by atomic mass is 10.0. The number of para-hydroxylation sites is 3. The maximum Gasteiger partial charge on any atom is 0.0641 e. The topological polar surface area (TPSA) is 14.8 Å². The fourth-order valence-electron chi connectivity index (χ4n) is 9.34. The highest BCUT2D eigenvalue weighted by atomic mass is 15.0. The molecule has 266 valence electrons. The average Bonchev–Trinajstić information content (AvgIpc) is 3.92. The summed E-state index contributed by atoms with van der Waals surface area (Å²) in [6, 6.07) is 77.4. The van der Waals surface area contributed by atoms with Crippen LogP contribution in [0.25, 0.3) is 105 Å². The third-order valence-corrected chi connectivity index (χ3v) is 11.8. The molecule has 12 aromatic rings. The van der Waals surface area contributed by atoms with E-state index >= 15 is 0 Å². The van der Waals surface area contributed by atoms with Gasteiger partial charge in [0.2, 0.25) is 0 Å². The predicted octanol–water partition coefficient (Wildman–Crippen LogP) is 14.3. The van der Waals surface area contributed by atoms with E-state index in [1.165, 1.54) is 87.7 Å². The predicted molar refractivity (Wildman–Crippen MR) is 240 cm³/mol. The Morgan fingerprint density at radius 3 is 1.32 bits per heavy atom. The summed E-state index contributed by atoms with van der Waals surface area (Å²) >= 11 is 0. The molecule has 0 radical (unpaired) electrons. The van der Waals surface area contributed by atoms with Crippen LogP contribution in [-0.2, 0) is 0 Å². The zero-order valence-corrected chi connectivity index (χ0v) is 31.0. The summed E-state index contributed by atoms with van der Waals surface area (Å²) in [6.45, 7) is 0. The minimum Gasteiger partial charge on any atom is -0.309 e. The van der Waals surface area contributed by atoms with E-state index in [-0.39, 0.29) is 0 Å². The number of rotatable bonds is 5. The number of aromatic nitrogens is 3. The van der Waals surface area contributed by atoms with Crippen LogP contribution in [0.15, 0.2) is 212 Å². The van der Waals surface area contributed by atoms with Crippen molar-refractivity contribution in [3.05, 3.63) is 212 Å². The van der Waals surface area contributed by atoms with Gasteiger partial charge in [-0.2, -0.15) is 0 Å². The summed E-state index contributed by atoms with van der Waals surface area (Å²) in [6.07, 6.45) is 0. The van der Waals surface area contributed by atoms with E-state index in [9.17, 15) is 0 Å². The van der Waals surface area contributed by atoms with Crippen LogP contribution >= 0.6 is 0 Å². The zero-order valence-electron chi connectivity index (χ0n) is 31.0. The van der Waals surface area contributed by atoms with E-state index < -0.39 is 0 Å². The van der Waals surface area contributed by atoms with Crippen LogP contribution in [-0.4, -0.2) is 13.7 Å². The van der Waals surface area contributed by atoms with Gasteiger partial charge in [0.05, 0.1) is 33.1 Å². The highest BCUT2D eigenvalue weighted by Gasteiger charge is 2.22. The Hall–Kier alpha value is -7.62. The molecule has 57 heavy (non-hydrogen) atoms. The van der Waals surface area contributed by atoms with E-state index in [2.05, 4.69) is 226 Å². The SMILES string of the molecule is c1ccc(-c2cccc(-n3c4ccccc4c4cc(-n5c6ccccc6c6c5ccc5c7ccccc7n(-c7cccc(-c8ccccc8)c7)c56)ccc43)c2)cc1. The first-order valence-electron chi connectivity index (χ1n) is 19.6. The summed E-state index contributed by atoms with van der Waals surface area (Å²) in [7, 11) is 0. The molecule has 9 aromatic carbocycles. The van der Waals surface area contributed by atoms with Gasteiger partial charge in [-0.05, 0) is 89.0 Å². The smallest absolute Gasteiger partial charge is 0.0641 e. The highest BCUT2D eigenvalue weighted by Crippen LogP contribution is 2.43. The fourth-order valence-corrected chi connectivity index (χ4v) is 9.34. The molecule has 3 nitrogen and oxygen atoms in total. The van der Waals surface area contributed by atoms with Crippen LogP contribution in [0.3, 0.4) is 0 Å². The van der Waals surface area contributed by atoms with Crippen molar-refractivity contribution in [3.63, 3.8) is 0 Å². The van der Waals surface area contributed by atoms with Crippen molar-refractivity contribution in [1.82, 2.24) is 13.7 Å². The first-order chi connectivity index (χ1) is 28.3. The quantitative estimate of drug-likeness (QED) is 0.168. The summed E-state index contributed by atoms with van der Waals surface area (Å²) in [4.78, 5) is 0. The van der Waals surface area contributed by atoms with Gasteiger partial charge < -0.3 is 13.7 Å². The number of fused-ring (bicyclic) bond motifs is 10. The minimum atomic E-state index is 1.14. The molecule has 0 saturated carbocycles. The van der Waals surface area contributed by atoms with Gasteiger partial charge in [-0.3, -0.25) is 0 Å². The van der Waals surface area contributed by atoms with E-state index in [0.29, 0.717) is 0 Å². The Morgan fingerprint density at radius 1 is 0.228 bits per heavy atom. The lowest BCUT2D eigenvalue weighted by molar-refractivity contribution is 1.16. The molecule has 3 heterocycles. The van der Waals surface area contributed by atoms with Crippen LogP contribution in [0.4, 0.5) is 0 Å². The van der Waals surface area contributed by atoms with Gasteiger partial charge in [-0.25, -0.2) is 0 Å². The monoisotopic (exact) mass is 725 g/mol. The molecule has 0 saturated heterocycles. The van der Waals surface area contributed by atoms with Crippen LogP contribution in [0, 0.1) is 0 Å². The van der Waals surface area contributed by atoms with Gasteiger partial charge in [0.25, 0.3) is 0 Å². The largest absolute Gasteiger partial charge is 0.309 e. The molecule has 0 amide bonds. The standard InChI is InChI=1S/C54H35N3/c1-3-15-36(16-4-1)38-19-13-21-40(33-38)55-48-26-10-8-24-44(48)47-35-42(29-31-51(47)55)56-50-28-12-9-25-46(50)53-52(56)32-30-45-43-23-7-11-27-49(43)57(54(45)53)41-22-14-20-39(34-41)37-17-5-2-6-18-37/h1-35H. The summed E-state index contributed by atoms with van der Waals surface area (Å²) in [5, 5.41) is 7.46. The molecular weight excluding hydrogens is 691 g/mol. The van der Waals surface area contributed by atoms with Crippen molar-refractivity contribution < 1.29 is 0 Å². The normalized spacial score (nSPS) is 11.9. The van der Waals surface area contributed by atoms with Crippen molar-refractivity contribution >= 4 is 65.4 Å². The number of hydrogen-bond donors (Lipinski definition) is 0. The molecule has 0 atom stereocenters. The van der Waals surface area contributed by atoms with Gasteiger partial charge in [0, 0.05) is 49.4 Å². The Bertz CT molecular complexity index is 3510. The molecule has 0 aliphatic carbocycles. The molecular formula is C54H35N3. The number of benzene rings is 9. The molecule has 3 aromatic heterocycles. The van der Waals surface area contributed by atoms with Gasteiger partial charge in [-0.15, -0.1) is 0 Å². The number of hydrogen-bond acceptors (Lipinski definition) is 0. The Kier molecular flexibility index (Phi) is 6.93. The summed E-state index contributed by atoms with van der Waals surface area (Å²) in [5.74, 6) is 0. The van der Waals surface area contributed by atoms with E-state index in [4.69, 9.17) is 0 Å². The van der Waals surface area contributed by atoms with Crippen molar-refractivity contribution in [2.45, 2.75) is 0 Å². The minimum absolute atomic E-state index is 1.14. The number of nitrogens with zero attached hydrogens (tertiary/aromatic N) is 3. The van der Waals surface area contributed by atoms with Crippen molar-refractivity contribution in [3.8, 4) is 39.3 Å². The maximum absolute atomic E-state index is 2.48. The summed E-state index contributed by atoms with van der Waals surface area (Å²) in [5.41, 5.74) is 15.5. The Balaban J connectivity index is 1.12. The fraction of sp³-hybridized carbons (Fsp3) is 0. The van der Waals surface area contributed by atoms with Gasteiger partial charge in [0.1, 0.15) is 0 Å². The molecule has 3 heteroatoms. The Morgan fingerprint density at radius 2 is 0.667 bits per heavy atom. The molecule has 0 fully saturated rings. The second-order valence-electron chi connectivity index (χ2n) is 14.9. The van der Waals surface area contributed by atoms with Gasteiger partial charge >= 0.3 is 0 Å². The van der Waals surface area contributed by atoms with Gasteiger partial charge in [-0.1, -0.05) is 146 Å². The van der Waals surface area contributed by atoms with Crippen LogP contribution in [0.5, 0.6) is 0 Å². The Labute approximate surface area is 329 Å². The maximum atomic E-state index is 2.48. The van der Waals surface area contributed by atoms with E-state index in [1.54, 1.807) is 0 Å². The molecule has 0 aliphatic heterocycles. The average molecular weight is 726 g/mol.